The Balaban J connectivity index is 2.81. The van der Waals surface area contributed by atoms with Crippen molar-refractivity contribution in [2.45, 2.75) is 38.8 Å². The number of carbonyl (C=O) groups excluding carboxylic acids is 1. The molecule has 1 atom stereocenters. The SMILES string of the molecule is CCCC(C)(NC(=O)c1ccc(CN)o1)C(=O)O. The maximum atomic E-state index is 11.9. The molecule has 0 saturated heterocycles. The largest absolute Gasteiger partial charge is 0.480 e. The van der Waals surface area contributed by atoms with E-state index >= 15 is 0 Å². The zero-order valence-electron chi connectivity index (χ0n) is 10.5. The standard InChI is InChI=1S/C12H18N2O4/c1-3-6-12(2,11(16)17)14-10(15)9-5-4-8(7-13)18-9/h4-5H,3,6-7,13H2,1-2H3,(H,14,15)(H,16,17). The van der Waals surface area contributed by atoms with Gasteiger partial charge >= 0.3 is 5.97 Å². The highest BCUT2D eigenvalue weighted by Crippen LogP contribution is 2.15. The number of furan rings is 1. The highest BCUT2D eigenvalue weighted by Gasteiger charge is 2.34. The number of rotatable bonds is 6. The van der Waals surface area contributed by atoms with Crippen molar-refractivity contribution in [2.75, 3.05) is 0 Å². The number of carbonyl (C=O) groups is 2. The first-order chi connectivity index (χ1) is 8.42. The Labute approximate surface area is 105 Å². The fraction of sp³-hybridized carbons (Fsp3) is 0.500. The fourth-order valence-corrected chi connectivity index (χ4v) is 1.64. The van der Waals surface area contributed by atoms with E-state index < -0.39 is 17.4 Å². The van der Waals surface area contributed by atoms with Gasteiger partial charge in [-0.25, -0.2) is 4.79 Å². The van der Waals surface area contributed by atoms with Crippen LogP contribution in [0.25, 0.3) is 0 Å². The monoisotopic (exact) mass is 254 g/mol. The third-order valence-electron chi connectivity index (χ3n) is 2.70. The molecule has 0 fully saturated rings. The van der Waals surface area contributed by atoms with E-state index in [0.29, 0.717) is 18.6 Å². The minimum atomic E-state index is -1.29. The first kappa shape index (κ1) is 14.2. The van der Waals surface area contributed by atoms with Gasteiger partial charge in [-0.15, -0.1) is 0 Å². The minimum Gasteiger partial charge on any atom is -0.480 e. The summed E-state index contributed by atoms with van der Waals surface area (Å²) in [6.45, 7) is 3.52. The highest BCUT2D eigenvalue weighted by molar-refractivity contribution is 5.95. The van der Waals surface area contributed by atoms with Gasteiger partial charge in [0.15, 0.2) is 5.76 Å². The zero-order chi connectivity index (χ0) is 13.8. The van der Waals surface area contributed by atoms with E-state index in [2.05, 4.69) is 5.32 Å². The molecule has 1 unspecified atom stereocenters. The van der Waals surface area contributed by atoms with E-state index in [9.17, 15) is 9.59 Å². The fourth-order valence-electron chi connectivity index (χ4n) is 1.64. The number of hydrogen-bond acceptors (Lipinski definition) is 4. The number of amides is 1. The van der Waals surface area contributed by atoms with Crippen LogP contribution in [0, 0.1) is 0 Å². The van der Waals surface area contributed by atoms with E-state index in [1.165, 1.54) is 13.0 Å². The summed E-state index contributed by atoms with van der Waals surface area (Å²) < 4.78 is 5.17. The van der Waals surface area contributed by atoms with Crippen molar-refractivity contribution in [3.63, 3.8) is 0 Å². The molecule has 18 heavy (non-hydrogen) atoms. The topological polar surface area (TPSA) is 106 Å². The first-order valence-electron chi connectivity index (χ1n) is 5.77. The molecule has 0 aliphatic carbocycles. The summed E-state index contributed by atoms with van der Waals surface area (Å²) in [5.74, 6) is -1.07. The van der Waals surface area contributed by atoms with Crippen molar-refractivity contribution < 1.29 is 19.1 Å². The van der Waals surface area contributed by atoms with Crippen LogP contribution in [0.2, 0.25) is 0 Å². The second-order valence-electron chi connectivity index (χ2n) is 4.31. The molecule has 0 bridgehead atoms. The molecule has 4 N–H and O–H groups in total. The van der Waals surface area contributed by atoms with Crippen LogP contribution in [0.5, 0.6) is 0 Å². The normalized spacial score (nSPS) is 13.9. The third kappa shape index (κ3) is 3.10. The number of hydrogen-bond donors (Lipinski definition) is 3. The lowest BCUT2D eigenvalue weighted by atomic mass is 9.96. The molecule has 0 spiro atoms. The molecular weight excluding hydrogens is 236 g/mol. The maximum Gasteiger partial charge on any atom is 0.329 e. The molecule has 1 amide bonds. The molecular formula is C12H18N2O4. The van der Waals surface area contributed by atoms with Crippen LogP contribution < -0.4 is 11.1 Å². The van der Waals surface area contributed by atoms with Crippen LogP contribution in [-0.2, 0) is 11.3 Å². The van der Waals surface area contributed by atoms with Crippen molar-refractivity contribution in [1.29, 1.82) is 0 Å². The smallest absolute Gasteiger partial charge is 0.329 e. The van der Waals surface area contributed by atoms with Gasteiger partial charge in [-0.1, -0.05) is 13.3 Å². The van der Waals surface area contributed by atoms with Gasteiger partial charge in [0.2, 0.25) is 0 Å². The molecule has 0 aliphatic heterocycles. The van der Waals surface area contributed by atoms with E-state index in [1.54, 1.807) is 6.07 Å². The van der Waals surface area contributed by atoms with Crippen LogP contribution in [0.15, 0.2) is 16.5 Å². The summed E-state index contributed by atoms with van der Waals surface area (Å²) in [7, 11) is 0. The zero-order valence-corrected chi connectivity index (χ0v) is 10.5. The Morgan fingerprint density at radius 3 is 2.61 bits per heavy atom. The summed E-state index contributed by atoms with van der Waals surface area (Å²) in [5, 5.41) is 11.6. The number of nitrogens with two attached hydrogens (primary N) is 1. The van der Waals surface area contributed by atoms with Crippen LogP contribution >= 0.6 is 0 Å². The summed E-state index contributed by atoms with van der Waals surface area (Å²) in [6, 6.07) is 3.07. The van der Waals surface area contributed by atoms with E-state index in [4.69, 9.17) is 15.3 Å². The molecule has 1 rings (SSSR count). The van der Waals surface area contributed by atoms with Gasteiger partial charge in [0.1, 0.15) is 11.3 Å². The lowest BCUT2D eigenvalue weighted by molar-refractivity contribution is -0.144. The van der Waals surface area contributed by atoms with Crippen molar-refractivity contribution in [3.05, 3.63) is 23.7 Å². The average Bonchev–Trinajstić information content (AvgIpc) is 2.77. The molecule has 100 valence electrons. The predicted octanol–water partition coefficient (Wildman–Crippen LogP) is 1.11. The van der Waals surface area contributed by atoms with Gasteiger partial charge < -0.3 is 20.6 Å². The summed E-state index contributed by atoms with van der Waals surface area (Å²) in [6.07, 6.45) is 0.994. The minimum absolute atomic E-state index is 0.0685. The van der Waals surface area contributed by atoms with Gasteiger partial charge in [0.25, 0.3) is 5.91 Å². The molecule has 1 aromatic rings. The summed E-state index contributed by atoms with van der Waals surface area (Å²) in [5.41, 5.74) is 4.08. The molecule has 1 heterocycles. The molecule has 1 aromatic heterocycles. The lowest BCUT2D eigenvalue weighted by Crippen LogP contribution is -2.52. The highest BCUT2D eigenvalue weighted by atomic mass is 16.4. The van der Waals surface area contributed by atoms with Gasteiger partial charge in [-0.05, 0) is 25.5 Å². The Morgan fingerprint density at radius 2 is 2.17 bits per heavy atom. The van der Waals surface area contributed by atoms with E-state index in [1.807, 2.05) is 6.92 Å². The predicted molar refractivity (Wildman–Crippen MR) is 65.0 cm³/mol. The number of carboxylic acids is 1. The summed E-state index contributed by atoms with van der Waals surface area (Å²) >= 11 is 0. The van der Waals surface area contributed by atoms with Gasteiger partial charge in [0, 0.05) is 0 Å². The number of aliphatic carboxylic acids is 1. The Hall–Kier alpha value is -1.82. The van der Waals surface area contributed by atoms with Crippen LogP contribution in [0.3, 0.4) is 0 Å². The first-order valence-corrected chi connectivity index (χ1v) is 5.77. The van der Waals surface area contributed by atoms with E-state index in [-0.39, 0.29) is 12.3 Å². The van der Waals surface area contributed by atoms with Gasteiger partial charge in [-0.3, -0.25) is 4.79 Å². The molecule has 0 aromatic carbocycles. The molecule has 0 radical (unpaired) electrons. The van der Waals surface area contributed by atoms with Gasteiger partial charge in [-0.2, -0.15) is 0 Å². The lowest BCUT2D eigenvalue weighted by Gasteiger charge is -2.25. The van der Waals surface area contributed by atoms with Crippen molar-refractivity contribution in [2.24, 2.45) is 5.73 Å². The van der Waals surface area contributed by atoms with Crippen LogP contribution in [0.1, 0.15) is 43.0 Å². The second-order valence-corrected chi connectivity index (χ2v) is 4.31. The average molecular weight is 254 g/mol. The van der Waals surface area contributed by atoms with Crippen LogP contribution in [-0.4, -0.2) is 22.5 Å². The van der Waals surface area contributed by atoms with Crippen molar-refractivity contribution in [1.82, 2.24) is 5.32 Å². The summed E-state index contributed by atoms with van der Waals surface area (Å²) in [4.78, 5) is 23.0. The van der Waals surface area contributed by atoms with Crippen LogP contribution in [0.4, 0.5) is 0 Å². The second kappa shape index (κ2) is 5.68. The Morgan fingerprint density at radius 1 is 1.50 bits per heavy atom. The maximum absolute atomic E-state index is 11.9. The van der Waals surface area contributed by atoms with Crippen molar-refractivity contribution >= 4 is 11.9 Å². The Kier molecular flexibility index (Phi) is 4.49. The third-order valence-corrected chi connectivity index (χ3v) is 2.70. The van der Waals surface area contributed by atoms with Crippen molar-refractivity contribution in [3.8, 4) is 0 Å². The number of carboxylic acid groups (broad SMARTS) is 1. The number of nitrogens with one attached hydrogen (secondary N) is 1. The van der Waals surface area contributed by atoms with Gasteiger partial charge in [0.05, 0.1) is 6.54 Å². The Bertz CT molecular complexity index is 441. The molecule has 6 heteroatoms. The molecule has 0 saturated carbocycles. The van der Waals surface area contributed by atoms with E-state index in [0.717, 1.165) is 0 Å². The quantitative estimate of drug-likeness (QED) is 0.705. The molecule has 6 nitrogen and oxygen atoms in total. The molecule has 0 aliphatic rings.